The van der Waals surface area contributed by atoms with E-state index < -0.39 is 30.3 Å². The third kappa shape index (κ3) is 5.22. The lowest BCUT2D eigenvalue weighted by atomic mass is 9.96. The smallest absolute Gasteiger partial charge is 0.340 e. The highest BCUT2D eigenvalue weighted by Gasteiger charge is 2.18. The molecule has 0 aromatic heterocycles. The van der Waals surface area contributed by atoms with Crippen molar-refractivity contribution >= 4 is 23.6 Å². The van der Waals surface area contributed by atoms with Crippen molar-refractivity contribution in [3.05, 3.63) is 29.6 Å². The zero-order valence-electron chi connectivity index (χ0n) is 13.1. The summed E-state index contributed by atoms with van der Waals surface area (Å²) in [6.45, 7) is -0.631. The van der Waals surface area contributed by atoms with Gasteiger partial charge in [-0.1, -0.05) is 19.3 Å². The summed E-state index contributed by atoms with van der Waals surface area (Å²) in [6, 6.07) is 2.66. The Hall–Kier alpha value is -2.64. The fourth-order valence-electron chi connectivity index (χ4n) is 2.56. The normalized spacial score (nSPS) is 14.7. The molecule has 0 saturated heterocycles. The Kier molecular flexibility index (Phi) is 6.11. The van der Waals surface area contributed by atoms with Crippen molar-refractivity contribution in [3.8, 4) is 0 Å². The van der Waals surface area contributed by atoms with Gasteiger partial charge in [-0.25, -0.2) is 14.0 Å². The van der Waals surface area contributed by atoms with Crippen LogP contribution in [-0.2, 0) is 9.53 Å². The Balaban J connectivity index is 1.75. The second-order valence-corrected chi connectivity index (χ2v) is 5.66. The molecule has 2 rings (SSSR count). The van der Waals surface area contributed by atoms with E-state index in [-0.39, 0.29) is 17.3 Å². The Morgan fingerprint density at radius 1 is 1.21 bits per heavy atom. The average molecular weight is 337 g/mol. The number of carbonyl (C=O) groups excluding carboxylic acids is 3. The maximum Gasteiger partial charge on any atom is 0.340 e. The van der Waals surface area contributed by atoms with Crippen molar-refractivity contribution in [2.75, 3.05) is 12.3 Å². The zero-order chi connectivity index (χ0) is 17.5. The van der Waals surface area contributed by atoms with Gasteiger partial charge in [-0.05, 0) is 31.0 Å². The molecule has 0 atom stereocenters. The number of hydrogen-bond acceptors (Lipinski definition) is 5. The van der Waals surface area contributed by atoms with Crippen LogP contribution in [0.2, 0.25) is 0 Å². The predicted molar refractivity (Wildman–Crippen MR) is 84.6 cm³/mol. The summed E-state index contributed by atoms with van der Waals surface area (Å²) in [7, 11) is 0. The minimum Gasteiger partial charge on any atom is -0.452 e. The monoisotopic (exact) mass is 337 g/mol. The van der Waals surface area contributed by atoms with Crippen molar-refractivity contribution in [2.45, 2.75) is 38.1 Å². The van der Waals surface area contributed by atoms with Gasteiger partial charge in [0.25, 0.3) is 5.91 Å². The molecule has 1 aliphatic rings. The van der Waals surface area contributed by atoms with Gasteiger partial charge >= 0.3 is 12.0 Å². The molecule has 0 radical (unpaired) electrons. The molecule has 8 heteroatoms. The summed E-state index contributed by atoms with van der Waals surface area (Å²) < 4.78 is 17.7. The molecule has 3 amide bonds. The van der Waals surface area contributed by atoms with E-state index in [2.05, 4.69) is 10.6 Å². The number of nitrogens with one attached hydrogen (secondary N) is 2. The van der Waals surface area contributed by atoms with Crippen LogP contribution in [0.4, 0.5) is 14.9 Å². The summed E-state index contributed by atoms with van der Waals surface area (Å²) in [4.78, 5) is 35.1. The Labute approximate surface area is 138 Å². The molecule has 0 unspecified atom stereocenters. The van der Waals surface area contributed by atoms with Gasteiger partial charge in [-0.3, -0.25) is 10.1 Å². The van der Waals surface area contributed by atoms with Crippen LogP contribution in [0.5, 0.6) is 0 Å². The number of nitrogens with two attached hydrogens (primary N) is 1. The van der Waals surface area contributed by atoms with Crippen molar-refractivity contribution in [2.24, 2.45) is 0 Å². The fourth-order valence-corrected chi connectivity index (χ4v) is 2.56. The van der Waals surface area contributed by atoms with Crippen LogP contribution < -0.4 is 16.4 Å². The van der Waals surface area contributed by atoms with Crippen molar-refractivity contribution in [1.82, 2.24) is 10.6 Å². The number of urea groups is 1. The molecule has 0 spiro atoms. The van der Waals surface area contributed by atoms with E-state index in [1.165, 1.54) is 6.07 Å². The highest BCUT2D eigenvalue weighted by atomic mass is 19.1. The number of benzene rings is 1. The molecule has 4 N–H and O–H groups in total. The van der Waals surface area contributed by atoms with E-state index in [0.717, 1.165) is 44.2 Å². The molecule has 0 aliphatic heterocycles. The van der Waals surface area contributed by atoms with E-state index in [0.29, 0.717) is 0 Å². The first-order valence-corrected chi connectivity index (χ1v) is 7.78. The van der Waals surface area contributed by atoms with Crippen LogP contribution in [0.25, 0.3) is 0 Å². The topological polar surface area (TPSA) is 111 Å². The number of imide groups is 1. The van der Waals surface area contributed by atoms with Gasteiger partial charge in [0.1, 0.15) is 5.82 Å². The minimum atomic E-state index is -0.865. The number of halogens is 1. The number of ether oxygens (including phenoxy) is 1. The van der Waals surface area contributed by atoms with Gasteiger partial charge in [0.05, 0.1) is 5.56 Å². The highest BCUT2D eigenvalue weighted by Crippen LogP contribution is 2.17. The van der Waals surface area contributed by atoms with Crippen LogP contribution in [0, 0.1) is 5.82 Å². The predicted octanol–water partition coefficient (Wildman–Crippen LogP) is 1.72. The van der Waals surface area contributed by atoms with Gasteiger partial charge in [-0.2, -0.15) is 0 Å². The third-order valence-corrected chi connectivity index (χ3v) is 3.76. The van der Waals surface area contributed by atoms with Crippen LogP contribution in [0.1, 0.15) is 42.5 Å². The van der Waals surface area contributed by atoms with Crippen molar-refractivity contribution < 1.29 is 23.5 Å². The number of rotatable bonds is 4. The number of anilines is 1. The first-order chi connectivity index (χ1) is 11.5. The zero-order valence-corrected chi connectivity index (χ0v) is 13.1. The summed E-state index contributed by atoms with van der Waals surface area (Å²) in [5.74, 6) is -2.20. The molecule has 0 bridgehead atoms. The largest absolute Gasteiger partial charge is 0.452 e. The number of hydrogen-bond donors (Lipinski definition) is 3. The lowest BCUT2D eigenvalue weighted by molar-refractivity contribution is -0.123. The number of carbonyl (C=O) groups is 3. The van der Waals surface area contributed by atoms with Crippen molar-refractivity contribution in [1.29, 1.82) is 0 Å². The number of amides is 3. The van der Waals surface area contributed by atoms with Gasteiger partial charge in [0.15, 0.2) is 6.61 Å². The van der Waals surface area contributed by atoms with Crippen LogP contribution >= 0.6 is 0 Å². The molecule has 1 saturated carbocycles. The minimum absolute atomic E-state index is 0.0455. The molecule has 130 valence electrons. The Morgan fingerprint density at radius 3 is 2.58 bits per heavy atom. The van der Waals surface area contributed by atoms with Gasteiger partial charge < -0.3 is 15.8 Å². The van der Waals surface area contributed by atoms with E-state index in [9.17, 15) is 18.8 Å². The summed E-state index contributed by atoms with van der Waals surface area (Å²) in [5, 5.41) is 4.81. The first-order valence-electron chi connectivity index (χ1n) is 7.78. The summed E-state index contributed by atoms with van der Waals surface area (Å²) in [5.41, 5.74) is 5.37. The van der Waals surface area contributed by atoms with Crippen LogP contribution in [0.3, 0.4) is 0 Å². The van der Waals surface area contributed by atoms with E-state index in [1.807, 2.05) is 0 Å². The molecular formula is C16H20FN3O4. The Bertz CT molecular complexity index is 630. The molecule has 1 aromatic carbocycles. The molecular weight excluding hydrogens is 317 g/mol. The van der Waals surface area contributed by atoms with Crippen LogP contribution in [-0.4, -0.2) is 30.6 Å². The number of nitrogen functional groups attached to an aromatic ring is 1. The van der Waals surface area contributed by atoms with E-state index >= 15 is 0 Å². The molecule has 1 fully saturated rings. The average Bonchev–Trinajstić information content (AvgIpc) is 2.53. The third-order valence-electron chi connectivity index (χ3n) is 3.76. The molecule has 1 aliphatic carbocycles. The summed E-state index contributed by atoms with van der Waals surface area (Å²) >= 11 is 0. The number of esters is 1. The second kappa shape index (κ2) is 8.28. The maximum atomic E-state index is 12.9. The quantitative estimate of drug-likeness (QED) is 0.572. The fraction of sp³-hybridized carbons (Fsp3) is 0.438. The van der Waals surface area contributed by atoms with Gasteiger partial charge in [-0.15, -0.1) is 0 Å². The first kappa shape index (κ1) is 17.7. The maximum absolute atomic E-state index is 12.9. The molecule has 0 heterocycles. The SMILES string of the molecule is Nc1cc(F)ccc1C(=O)OCC(=O)NC(=O)NC1CCCCC1. The second-order valence-electron chi connectivity index (χ2n) is 5.66. The highest BCUT2D eigenvalue weighted by molar-refractivity contribution is 5.98. The molecule has 1 aromatic rings. The van der Waals surface area contributed by atoms with Crippen LogP contribution in [0.15, 0.2) is 18.2 Å². The Morgan fingerprint density at radius 2 is 1.92 bits per heavy atom. The van der Waals surface area contributed by atoms with Gasteiger partial charge in [0, 0.05) is 11.7 Å². The van der Waals surface area contributed by atoms with Gasteiger partial charge in [0.2, 0.25) is 0 Å². The lowest BCUT2D eigenvalue weighted by Crippen LogP contribution is -2.46. The standard InChI is InChI=1S/C16H20FN3O4/c17-10-6-7-12(13(18)8-10)15(22)24-9-14(21)20-16(23)19-11-4-2-1-3-5-11/h6-8,11H,1-5,9,18H2,(H2,19,20,21,23). The molecule has 24 heavy (non-hydrogen) atoms. The molecule has 7 nitrogen and oxygen atoms in total. The van der Waals surface area contributed by atoms with Crippen molar-refractivity contribution in [3.63, 3.8) is 0 Å². The van der Waals surface area contributed by atoms with E-state index in [4.69, 9.17) is 10.5 Å². The summed E-state index contributed by atoms with van der Waals surface area (Å²) in [6.07, 6.45) is 5.03. The lowest BCUT2D eigenvalue weighted by Gasteiger charge is -2.22. The van der Waals surface area contributed by atoms with E-state index in [1.54, 1.807) is 0 Å².